The molecule has 0 aromatic carbocycles. The molecule has 0 atom stereocenters. The number of fused-ring (bicyclic) bond motifs is 1. The van der Waals surface area contributed by atoms with Gasteiger partial charge in [-0.15, -0.1) is 0 Å². The molecular weight excluding hydrogens is 229 g/mol. The first-order valence-electron chi connectivity index (χ1n) is 3.97. The van der Waals surface area contributed by atoms with Gasteiger partial charge < -0.3 is 0 Å². The largest absolute Gasteiger partial charge is 0.433 e. The molecule has 0 saturated heterocycles. The van der Waals surface area contributed by atoms with E-state index in [1.165, 1.54) is 6.20 Å². The lowest BCUT2D eigenvalue weighted by molar-refractivity contribution is -0.141. The van der Waals surface area contributed by atoms with E-state index in [-0.39, 0.29) is 10.7 Å². The second kappa shape index (κ2) is 3.34. The number of halogens is 4. The molecule has 78 valence electrons. The minimum atomic E-state index is -4.50. The van der Waals surface area contributed by atoms with Gasteiger partial charge in [0, 0.05) is 11.6 Å². The highest BCUT2D eigenvalue weighted by molar-refractivity contribution is 6.35. The summed E-state index contributed by atoms with van der Waals surface area (Å²) in [7, 11) is 0. The van der Waals surface area contributed by atoms with Gasteiger partial charge in [-0.1, -0.05) is 11.6 Å². The van der Waals surface area contributed by atoms with Gasteiger partial charge in [0.2, 0.25) is 0 Å². The van der Waals surface area contributed by atoms with E-state index in [0.29, 0.717) is 5.39 Å². The Bertz CT molecular complexity index is 510. The van der Waals surface area contributed by atoms with Gasteiger partial charge in [-0.3, -0.25) is 0 Å². The first kappa shape index (κ1) is 10.2. The maximum absolute atomic E-state index is 12.3. The Morgan fingerprint density at radius 3 is 2.67 bits per heavy atom. The highest BCUT2D eigenvalue weighted by Gasteiger charge is 2.33. The summed E-state index contributed by atoms with van der Waals surface area (Å²) in [5.41, 5.74) is -1.03. The van der Waals surface area contributed by atoms with Crippen molar-refractivity contribution in [3.05, 3.63) is 35.1 Å². The lowest BCUT2D eigenvalue weighted by Crippen LogP contribution is -2.08. The van der Waals surface area contributed by atoms with Gasteiger partial charge in [0.25, 0.3) is 0 Å². The highest BCUT2D eigenvalue weighted by atomic mass is 35.5. The van der Waals surface area contributed by atoms with Crippen molar-refractivity contribution >= 4 is 22.6 Å². The number of hydrogen-bond acceptors (Lipinski definition) is 2. The quantitative estimate of drug-likeness (QED) is 0.696. The summed E-state index contributed by atoms with van der Waals surface area (Å²) in [5.74, 6) is 0. The van der Waals surface area contributed by atoms with Crippen molar-refractivity contribution in [2.75, 3.05) is 0 Å². The number of alkyl halides is 3. The maximum atomic E-state index is 12.3. The fraction of sp³-hybridized carbons (Fsp3) is 0.111. The number of nitrogens with zero attached hydrogens (tertiary/aromatic N) is 2. The van der Waals surface area contributed by atoms with Crippen LogP contribution in [-0.2, 0) is 6.18 Å². The molecule has 0 radical (unpaired) electrons. The van der Waals surface area contributed by atoms with Crippen LogP contribution in [0.1, 0.15) is 5.69 Å². The van der Waals surface area contributed by atoms with Crippen molar-refractivity contribution in [1.82, 2.24) is 9.97 Å². The predicted molar refractivity (Wildman–Crippen MR) is 49.6 cm³/mol. The smallest absolute Gasteiger partial charge is 0.237 e. The lowest BCUT2D eigenvalue weighted by atomic mass is 10.2. The summed E-state index contributed by atoms with van der Waals surface area (Å²) in [6.07, 6.45) is -3.14. The third kappa shape index (κ3) is 1.87. The van der Waals surface area contributed by atoms with Crippen LogP contribution in [0.5, 0.6) is 0 Å². The van der Waals surface area contributed by atoms with Crippen molar-refractivity contribution in [2.24, 2.45) is 0 Å². The third-order valence-electron chi connectivity index (χ3n) is 1.82. The van der Waals surface area contributed by atoms with E-state index in [9.17, 15) is 13.2 Å². The third-order valence-corrected chi connectivity index (χ3v) is 2.14. The number of rotatable bonds is 0. The minimum Gasteiger partial charge on any atom is -0.237 e. The molecular formula is C9H4ClF3N2. The summed E-state index contributed by atoms with van der Waals surface area (Å²) >= 11 is 5.69. The molecule has 0 aliphatic rings. The number of hydrogen-bond donors (Lipinski definition) is 0. The van der Waals surface area contributed by atoms with Crippen LogP contribution >= 0.6 is 11.6 Å². The van der Waals surface area contributed by atoms with Gasteiger partial charge in [-0.2, -0.15) is 13.2 Å². The van der Waals surface area contributed by atoms with Crippen LogP contribution in [0, 0.1) is 0 Å². The van der Waals surface area contributed by atoms with E-state index >= 15 is 0 Å². The highest BCUT2D eigenvalue weighted by Crippen LogP contribution is 2.31. The van der Waals surface area contributed by atoms with Crippen LogP contribution in [0.2, 0.25) is 5.02 Å². The van der Waals surface area contributed by atoms with Crippen LogP contribution < -0.4 is 0 Å². The van der Waals surface area contributed by atoms with Crippen LogP contribution in [0.25, 0.3) is 11.0 Å². The van der Waals surface area contributed by atoms with E-state index < -0.39 is 11.9 Å². The molecule has 0 spiro atoms. The molecule has 15 heavy (non-hydrogen) atoms. The lowest BCUT2D eigenvalue weighted by Gasteiger charge is -2.07. The number of aromatic nitrogens is 2. The van der Waals surface area contributed by atoms with Crippen LogP contribution in [0.4, 0.5) is 13.2 Å². The molecule has 2 aromatic heterocycles. The fourth-order valence-electron chi connectivity index (χ4n) is 1.16. The summed E-state index contributed by atoms with van der Waals surface area (Å²) in [6.45, 7) is 0. The van der Waals surface area contributed by atoms with Crippen molar-refractivity contribution in [3.8, 4) is 0 Å². The Labute approximate surface area is 87.7 Å². The standard InChI is InChI=1S/C9H4ClF3N2/c10-6-4-7(9(11,12)13)15-8-5(6)2-1-3-14-8/h1-4H. The van der Waals surface area contributed by atoms with Crippen molar-refractivity contribution < 1.29 is 13.2 Å². The van der Waals surface area contributed by atoms with E-state index in [0.717, 1.165) is 6.07 Å². The molecule has 0 fully saturated rings. The van der Waals surface area contributed by atoms with E-state index in [1.807, 2.05) is 0 Å². The predicted octanol–water partition coefficient (Wildman–Crippen LogP) is 3.30. The molecule has 0 bridgehead atoms. The van der Waals surface area contributed by atoms with Crippen molar-refractivity contribution in [1.29, 1.82) is 0 Å². The Hall–Kier alpha value is -1.36. The average Bonchev–Trinajstić information content (AvgIpc) is 2.16. The molecule has 0 saturated carbocycles. The zero-order chi connectivity index (χ0) is 11.1. The Morgan fingerprint density at radius 1 is 1.27 bits per heavy atom. The normalized spacial score (nSPS) is 12.0. The summed E-state index contributed by atoms with van der Waals surface area (Å²) in [6, 6.07) is 3.95. The van der Waals surface area contributed by atoms with E-state index in [2.05, 4.69) is 9.97 Å². The van der Waals surface area contributed by atoms with Gasteiger partial charge in [-0.05, 0) is 18.2 Å². The van der Waals surface area contributed by atoms with Crippen molar-refractivity contribution in [3.63, 3.8) is 0 Å². The van der Waals surface area contributed by atoms with E-state index in [4.69, 9.17) is 11.6 Å². The molecule has 0 aliphatic carbocycles. The summed E-state index contributed by atoms with van der Waals surface area (Å²) < 4.78 is 37.0. The monoisotopic (exact) mass is 232 g/mol. The second-order valence-corrected chi connectivity index (χ2v) is 3.27. The molecule has 2 heterocycles. The van der Waals surface area contributed by atoms with E-state index in [1.54, 1.807) is 12.1 Å². The van der Waals surface area contributed by atoms with Gasteiger partial charge in [0.15, 0.2) is 5.65 Å². The Balaban J connectivity index is 2.73. The molecule has 0 amide bonds. The Kier molecular flexibility index (Phi) is 2.26. The minimum absolute atomic E-state index is 0.000394. The SMILES string of the molecule is FC(F)(F)c1cc(Cl)c2cccnc2n1. The summed E-state index contributed by atoms with van der Waals surface area (Å²) in [4.78, 5) is 7.11. The molecule has 2 aromatic rings. The second-order valence-electron chi connectivity index (χ2n) is 2.86. The molecule has 2 nitrogen and oxygen atoms in total. The van der Waals surface area contributed by atoms with Gasteiger partial charge in [0.1, 0.15) is 5.69 Å². The fourth-order valence-corrected chi connectivity index (χ4v) is 1.41. The zero-order valence-corrected chi connectivity index (χ0v) is 7.97. The van der Waals surface area contributed by atoms with Crippen molar-refractivity contribution in [2.45, 2.75) is 6.18 Å². The average molecular weight is 233 g/mol. The van der Waals surface area contributed by atoms with Crippen LogP contribution in [0.15, 0.2) is 24.4 Å². The van der Waals surface area contributed by atoms with Crippen LogP contribution in [-0.4, -0.2) is 9.97 Å². The van der Waals surface area contributed by atoms with Gasteiger partial charge in [-0.25, -0.2) is 9.97 Å². The maximum Gasteiger partial charge on any atom is 0.433 e. The van der Waals surface area contributed by atoms with Gasteiger partial charge >= 0.3 is 6.18 Å². The molecule has 2 rings (SSSR count). The molecule has 0 N–H and O–H groups in total. The molecule has 0 unspecified atom stereocenters. The topological polar surface area (TPSA) is 25.8 Å². The Morgan fingerprint density at radius 2 is 2.00 bits per heavy atom. The zero-order valence-electron chi connectivity index (χ0n) is 7.22. The van der Waals surface area contributed by atoms with Gasteiger partial charge in [0.05, 0.1) is 5.02 Å². The first-order valence-corrected chi connectivity index (χ1v) is 4.35. The molecule has 6 heteroatoms. The first-order chi connectivity index (χ1) is 6.98. The molecule has 0 aliphatic heterocycles. The number of pyridine rings is 2. The summed E-state index contributed by atoms with van der Waals surface area (Å²) in [5, 5.41) is 0.410. The van der Waals surface area contributed by atoms with Crippen LogP contribution in [0.3, 0.4) is 0 Å².